The summed E-state index contributed by atoms with van der Waals surface area (Å²) in [4.78, 5) is 0. The Bertz CT molecular complexity index is 362. The summed E-state index contributed by atoms with van der Waals surface area (Å²) < 4.78 is 5.83. The molecule has 0 aliphatic heterocycles. The Morgan fingerprint density at radius 3 is 2.88 bits per heavy atom. The zero-order valence-electron chi connectivity index (χ0n) is 10.5. The molecule has 1 unspecified atom stereocenters. The van der Waals surface area contributed by atoms with Crippen LogP contribution in [0.25, 0.3) is 0 Å². The van der Waals surface area contributed by atoms with E-state index in [0.29, 0.717) is 0 Å². The second-order valence-electron chi connectivity index (χ2n) is 5.00. The molecule has 1 aromatic rings. The standard InChI is InChI=1S/C15H21BrO/c1-12(7-9-16)8-10-17-15-6-5-13-3-2-4-14(13)11-15/h5-6,11-12H,2-4,7-10H2,1H3. The molecule has 0 spiro atoms. The van der Waals surface area contributed by atoms with Crippen molar-refractivity contribution in [2.45, 2.75) is 39.0 Å². The Labute approximate surface area is 113 Å². The number of fused-ring (bicyclic) bond motifs is 1. The molecule has 94 valence electrons. The summed E-state index contributed by atoms with van der Waals surface area (Å²) in [5.41, 5.74) is 3.01. The first-order valence-electron chi connectivity index (χ1n) is 6.60. The molecule has 1 aromatic carbocycles. The van der Waals surface area contributed by atoms with Crippen LogP contribution in [-0.4, -0.2) is 11.9 Å². The number of halogens is 1. The highest BCUT2D eigenvalue weighted by Gasteiger charge is 2.11. The van der Waals surface area contributed by atoms with E-state index < -0.39 is 0 Å². The third-order valence-electron chi connectivity index (χ3n) is 3.55. The molecule has 1 atom stereocenters. The van der Waals surface area contributed by atoms with Gasteiger partial charge in [0, 0.05) is 5.33 Å². The van der Waals surface area contributed by atoms with Gasteiger partial charge in [-0.15, -0.1) is 0 Å². The van der Waals surface area contributed by atoms with E-state index in [2.05, 4.69) is 41.1 Å². The number of ether oxygens (including phenoxy) is 1. The minimum atomic E-state index is 0.740. The molecule has 1 aliphatic rings. The van der Waals surface area contributed by atoms with Crippen molar-refractivity contribution >= 4 is 15.9 Å². The second-order valence-corrected chi connectivity index (χ2v) is 5.80. The molecule has 17 heavy (non-hydrogen) atoms. The van der Waals surface area contributed by atoms with Gasteiger partial charge in [0.05, 0.1) is 6.61 Å². The van der Waals surface area contributed by atoms with Crippen LogP contribution in [0.3, 0.4) is 0 Å². The van der Waals surface area contributed by atoms with E-state index in [-0.39, 0.29) is 0 Å². The lowest BCUT2D eigenvalue weighted by atomic mass is 10.1. The Morgan fingerprint density at radius 2 is 2.06 bits per heavy atom. The quantitative estimate of drug-likeness (QED) is 0.709. The Morgan fingerprint density at radius 1 is 1.24 bits per heavy atom. The van der Waals surface area contributed by atoms with Crippen molar-refractivity contribution in [1.29, 1.82) is 0 Å². The molecule has 1 aliphatic carbocycles. The third kappa shape index (κ3) is 3.74. The summed E-state index contributed by atoms with van der Waals surface area (Å²) >= 11 is 3.48. The first kappa shape index (κ1) is 12.9. The lowest BCUT2D eigenvalue weighted by Gasteiger charge is -2.11. The van der Waals surface area contributed by atoms with Crippen LogP contribution in [0.2, 0.25) is 0 Å². The van der Waals surface area contributed by atoms with E-state index in [9.17, 15) is 0 Å². The molecular weight excluding hydrogens is 276 g/mol. The fourth-order valence-electron chi connectivity index (χ4n) is 2.35. The van der Waals surface area contributed by atoms with Gasteiger partial charge in [-0.25, -0.2) is 0 Å². The van der Waals surface area contributed by atoms with Gasteiger partial charge in [0.2, 0.25) is 0 Å². The summed E-state index contributed by atoms with van der Waals surface area (Å²) in [5, 5.41) is 1.09. The van der Waals surface area contributed by atoms with E-state index in [1.165, 1.54) is 36.8 Å². The maximum atomic E-state index is 5.83. The van der Waals surface area contributed by atoms with Crippen LogP contribution >= 0.6 is 15.9 Å². The largest absolute Gasteiger partial charge is 0.494 e. The smallest absolute Gasteiger partial charge is 0.119 e. The maximum Gasteiger partial charge on any atom is 0.119 e. The lowest BCUT2D eigenvalue weighted by Crippen LogP contribution is -2.04. The van der Waals surface area contributed by atoms with Crippen LogP contribution in [0.1, 0.15) is 37.3 Å². The van der Waals surface area contributed by atoms with E-state index in [4.69, 9.17) is 4.74 Å². The zero-order chi connectivity index (χ0) is 12.1. The van der Waals surface area contributed by atoms with Gasteiger partial charge in [0.15, 0.2) is 0 Å². The molecule has 1 nitrogen and oxygen atoms in total. The fourth-order valence-corrected chi connectivity index (χ4v) is 3.13. The summed E-state index contributed by atoms with van der Waals surface area (Å²) in [7, 11) is 0. The van der Waals surface area contributed by atoms with Gasteiger partial charge in [-0.3, -0.25) is 0 Å². The number of hydrogen-bond acceptors (Lipinski definition) is 1. The van der Waals surface area contributed by atoms with Crippen molar-refractivity contribution < 1.29 is 4.74 Å². The SMILES string of the molecule is CC(CCBr)CCOc1ccc2c(c1)CCC2. The van der Waals surface area contributed by atoms with Gasteiger partial charge in [0.25, 0.3) is 0 Å². The van der Waals surface area contributed by atoms with Crippen molar-refractivity contribution in [1.82, 2.24) is 0 Å². The molecule has 0 aromatic heterocycles. The van der Waals surface area contributed by atoms with E-state index >= 15 is 0 Å². The fraction of sp³-hybridized carbons (Fsp3) is 0.600. The van der Waals surface area contributed by atoms with Crippen molar-refractivity contribution in [3.8, 4) is 5.75 Å². The van der Waals surface area contributed by atoms with Crippen molar-refractivity contribution in [3.63, 3.8) is 0 Å². The Hall–Kier alpha value is -0.500. The molecule has 2 rings (SSSR count). The number of hydrogen-bond donors (Lipinski definition) is 0. The molecule has 0 N–H and O–H groups in total. The monoisotopic (exact) mass is 296 g/mol. The highest BCUT2D eigenvalue weighted by atomic mass is 79.9. The normalized spacial score (nSPS) is 15.6. The second kappa shape index (κ2) is 6.44. The van der Waals surface area contributed by atoms with Gasteiger partial charge in [-0.1, -0.05) is 28.9 Å². The Kier molecular flexibility index (Phi) is 4.90. The minimum Gasteiger partial charge on any atom is -0.494 e. The highest BCUT2D eigenvalue weighted by molar-refractivity contribution is 9.09. The minimum absolute atomic E-state index is 0.740. The molecule has 0 radical (unpaired) electrons. The number of rotatable bonds is 6. The van der Waals surface area contributed by atoms with Crippen LogP contribution in [0.4, 0.5) is 0 Å². The van der Waals surface area contributed by atoms with Crippen molar-refractivity contribution in [2.24, 2.45) is 5.92 Å². The van der Waals surface area contributed by atoms with Crippen LogP contribution in [0, 0.1) is 5.92 Å². The zero-order valence-corrected chi connectivity index (χ0v) is 12.1. The molecule has 0 amide bonds. The molecule has 0 bridgehead atoms. The average molecular weight is 297 g/mol. The van der Waals surface area contributed by atoms with Crippen LogP contribution in [0.5, 0.6) is 5.75 Å². The molecule has 2 heteroatoms. The topological polar surface area (TPSA) is 9.23 Å². The number of aryl methyl sites for hydroxylation is 2. The van der Waals surface area contributed by atoms with Crippen LogP contribution in [0.15, 0.2) is 18.2 Å². The third-order valence-corrected chi connectivity index (χ3v) is 4.01. The molecule has 0 fully saturated rings. The summed E-state index contributed by atoms with van der Waals surface area (Å²) in [6, 6.07) is 6.59. The van der Waals surface area contributed by atoms with E-state index in [0.717, 1.165) is 30.0 Å². The molecular formula is C15H21BrO. The van der Waals surface area contributed by atoms with E-state index in [1.807, 2.05) is 0 Å². The predicted octanol–water partition coefficient (Wildman–Crippen LogP) is 4.37. The van der Waals surface area contributed by atoms with E-state index in [1.54, 1.807) is 0 Å². The van der Waals surface area contributed by atoms with Crippen molar-refractivity contribution in [3.05, 3.63) is 29.3 Å². The van der Waals surface area contributed by atoms with Crippen LogP contribution in [-0.2, 0) is 12.8 Å². The van der Waals surface area contributed by atoms with Gasteiger partial charge >= 0.3 is 0 Å². The van der Waals surface area contributed by atoms with Gasteiger partial charge in [-0.05, 0) is 61.3 Å². The van der Waals surface area contributed by atoms with Crippen molar-refractivity contribution in [2.75, 3.05) is 11.9 Å². The number of alkyl halides is 1. The van der Waals surface area contributed by atoms with Crippen LogP contribution < -0.4 is 4.74 Å². The summed E-state index contributed by atoms with van der Waals surface area (Å²) in [6.07, 6.45) is 6.15. The average Bonchev–Trinajstić information content (AvgIpc) is 2.76. The number of benzene rings is 1. The maximum absolute atomic E-state index is 5.83. The van der Waals surface area contributed by atoms with Gasteiger partial charge < -0.3 is 4.74 Å². The molecule has 0 saturated heterocycles. The Balaban J connectivity index is 1.79. The van der Waals surface area contributed by atoms with Gasteiger partial charge in [-0.2, -0.15) is 0 Å². The first-order chi connectivity index (χ1) is 8.29. The highest BCUT2D eigenvalue weighted by Crippen LogP contribution is 2.26. The molecule has 0 heterocycles. The van der Waals surface area contributed by atoms with Gasteiger partial charge in [0.1, 0.15) is 5.75 Å². The molecule has 0 saturated carbocycles. The summed E-state index contributed by atoms with van der Waals surface area (Å²) in [6.45, 7) is 3.13. The summed E-state index contributed by atoms with van der Waals surface area (Å²) in [5.74, 6) is 1.79. The lowest BCUT2D eigenvalue weighted by molar-refractivity contribution is 0.282. The predicted molar refractivity (Wildman–Crippen MR) is 76.2 cm³/mol. The first-order valence-corrected chi connectivity index (χ1v) is 7.72.